The van der Waals surface area contributed by atoms with Gasteiger partial charge in [-0.05, 0) is 95.2 Å². The van der Waals surface area contributed by atoms with Gasteiger partial charge in [0.05, 0.1) is 17.6 Å². The molecule has 45 heavy (non-hydrogen) atoms. The van der Waals surface area contributed by atoms with Gasteiger partial charge in [-0.25, -0.2) is 4.39 Å². The van der Waals surface area contributed by atoms with Crippen molar-refractivity contribution in [2.75, 3.05) is 24.2 Å². The van der Waals surface area contributed by atoms with Gasteiger partial charge in [0.15, 0.2) is 5.41 Å². The molecule has 0 bridgehead atoms. The van der Waals surface area contributed by atoms with Crippen molar-refractivity contribution in [3.8, 4) is 11.8 Å². The Labute approximate surface area is 269 Å². The Hall–Kier alpha value is -4.15. The average molecular weight is 639 g/mol. The molecule has 0 radical (unpaired) electrons. The molecule has 1 aliphatic heterocycles. The summed E-state index contributed by atoms with van der Waals surface area (Å²) in [5.74, 6) is 4.71. The summed E-state index contributed by atoms with van der Waals surface area (Å²) in [6.07, 6.45) is 0.914. The average Bonchev–Trinajstić information content (AvgIpc) is 3.50. The topological polar surface area (TPSA) is 175 Å². The van der Waals surface area contributed by atoms with Gasteiger partial charge in [-0.1, -0.05) is 37.8 Å². The third-order valence-corrected chi connectivity index (χ3v) is 7.51. The number of aromatic nitrogens is 1. The predicted octanol–water partition coefficient (Wildman–Crippen LogP) is 4.92. The summed E-state index contributed by atoms with van der Waals surface area (Å²) in [6, 6.07) is 10.7. The molecule has 3 amide bonds. The highest BCUT2D eigenvalue weighted by Gasteiger charge is 2.56. The van der Waals surface area contributed by atoms with Crippen molar-refractivity contribution < 1.29 is 23.3 Å². The molecule has 0 saturated heterocycles. The van der Waals surface area contributed by atoms with Crippen LogP contribution in [0.15, 0.2) is 42.5 Å². The second kappa shape index (κ2) is 16.8. The van der Waals surface area contributed by atoms with E-state index in [1.807, 2.05) is 34.6 Å². The lowest BCUT2D eigenvalue weighted by Crippen LogP contribution is -2.44. The summed E-state index contributed by atoms with van der Waals surface area (Å²) in [4.78, 5) is 42.2. The number of aryl methyl sites for hydroxylation is 1. The van der Waals surface area contributed by atoms with Crippen molar-refractivity contribution in [2.45, 2.75) is 64.8 Å². The molecule has 1 aromatic heterocycles. The molecule has 3 unspecified atom stereocenters. The highest BCUT2D eigenvalue weighted by molar-refractivity contribution is 7.74. The second-order valence-electron chi connectivity index (χ2n) is 10.1. The number of hydrogen-bond donors (Lipinski definition) is 8. The van der Waals surface area contributed by atoms with Gasteiger partial charge in [0.25, 0.3) is 5.91 Å². The van der Waals surface area contributed by atoms with E-state index in [1.54, 1.807) is 30.3 Å². The summed E-state index contributed by atoms with van der Waals surface area (Å²) < 4.78 is 20.0. The third kappa shape index (κ3) is 7.57. The smallest absolute Gasteiger partial charge is 0.251 e. The monoisotopic (exact) mass is 638 g/mol. The lowest BCUT2D eigenvalue weighted by Gasteiger charge is -2.34. The van der Waals surface area contributed by atoms with Crippen LogP contribution in [0.2, 0.25) is 0 Å². The molecule has 0 saturated carbocycles. The van der Waals surface area contributed by atoms with E-state index >= 15 is 0 Å². The molecule has 1 aliphatic carbocycles. The summed E-state index contributed by atoms with van der Waals surface area (Å²) in [7, 11) is 1.50. The van der Waals surface area contributed by atoms with Crippen molar-refractivity contribution in [3.05, 3.63) is 81.9 Å². The van der Waals surface area contributed by atoms with E-state index in [-0.39, 0.29) is 29.6 Å². The zero-order chi connectivity index (χ0) is 33.9. The quantitative estimate of drug-likeness (QED) is 0.0987. The first-order valence-electron chi connectivity index (χ1n) is 14.7. The van der Waals surface area contributed by atoms with Crippen molar-refractivity contribution in [2.24, 2.45) is 11.5 Å². The number of rotatable bonds is 8. The van der Waals surface area contributed by atoms with E-state index in [0.717, 1.165) is 22.5 Å². The lowest BCUT2D eigenvalue weighted by atomic mass is 9.64. The number of aromatic amines is 1. The molecule has 5 rings (SSSR count). The third-order valence-electron chi connectivity index (χ3n) is 7.51. The minimum absolute atomic E-state index is 0.124. The molecular weight excluding hydrogens is 595 g/mol. The second-order valence-corrected chi connectivity index (χ2v) is 10.1. The van der Waals surface area contributed by atoms with Crippen molar-refractivity contribution in [1.82, 2.24) is 10.3 Å². The largest absolute Gasteiger partial charge is 0.359 e. The number of amides is 3. The molecule has 242 valence electrons. The molecule has 3 aromatic rings. The molecule has 2 aromatic carbocycles. The van der Waals surface area contributed by atoms with Crippen LogP contribution in [0.25, 0.3) is 0 Å². The van der Waals surface area contributed by atoms with Crippen LogP contribution in [0.4, 0.5) is 15.8 Å². The van der Waals surface area contributed by atoms with Gasteiger partial charge in [0.2, 0.25) is 11.8 Å². The maximum atomic E-state index is 13.3. The molecular formula is C33H43FN6O4S. The summed E-state index contributed by atoms with van der Waals surface area (Å²) >= 11 is 2.53. The van der Waals surface area contributed by atoms with Gasteiger partial charge in [0, 0.05) is 34.6 Å². The number of H-pyrrole nitrogens is 1. The number of halogens is 1. The van der Waals surface area contributed by atoms with Crippen LogP contribution in [0.5, 0.6) is 0 Å². The summed E-state index contributed by atoms with van der Waals surface area (Å²) in [5.41, 5.74) is 14.3. The molecule has 2 aliphatic rings. The van der Waals surface area contributed by atoms with Gasteiger partial charge < -0.3 is 37.0 Å². The first kappa shape index (κ1) is 37.0. The van der Waals surface area contributed by atoms with Crippen LogP contribution < -0.4 is 27.4 Å². The zero-order valence-corrected chi connectivity index (χ0v) is 27.4. The molecule has 1 spiro atoms. The Balaban J connectivity index is 0.00000111. The number of carbonyl (C=O) groups is 3. The normalized spacial score (nSPS) is 17.2. The number of fused-ring (bicyclic) bond motifs is 2. The number of thiol groups is 1. The zero-order valence-electron chi connectivity index (χ0n) is 26.5. The molecule has 12 heteroatoms. The van der Waals surface area contributed by atoms with E-state index in [9.17, 15) is 18.8 Å². The van der Waals surface area contributed by atoms with Crippen molar-refractivity contribution in [1.29, 1.82) is 0 Å². The maximum absolute atomic E-state index is 13.3. The predicted molar refractivity (Wildman–Crippen MR) is 180 cm³/mol. The minimum atomic E-state index is -1.16. The van der Waals surface area contributed by atoms with Gasteiger partial charge in [-0.3, -0.25) is 14.4 Å². The number of anilines is 2. The van der Waals surface area contributed by atoms with E-state index in [1.165, 1.54) is 19.2 Å². The molecule has 9 N–H and O–H groups in total. The number of nitrogens with one attached hydrogen (secondary N) is 4. The fourth-order valence-corrected chi connectivity index (χ4v) is 5.28. The van der Waals surface area contributed by atoms with Crippen LogP contribution >= 0.6 is 12.9 Å². The molecule has 0 fully saturated rings. The Morgan fingerprint density at radius 1 is 1.13 bits per heavy atom. The Bertz CT molecular complexity index is 1560. The van der Waals surface area contributed by atoms with Gasteiger partial charge in [-0.15, -0.1) is 0 Å². The number of carbonyl (C=O) groups excluding carboxylic acids is 3. The fraction of sp³-hybridized carbons (Fsp3) is 0.364. The number of hydrogen-bond acceptors (Lipinski definition) is 7. The summed E-state index contributed by atoms with van der Waals surface area (Å²) in [6.45, 7) is 10.0. The van der Waals surface area contributed by atoms with E-state index < -0.39 is 11.3 Å². The summed E-state index contributed by atoms with van der Waals surface area (Å²) in [5, 5.41) is 8.81. The Kier molecular flexibility index (Phi) is 13.8. The Morgan fingerprint density at radius 2 is 1.78 bits per heavy atom. The number of benzene rings is 2. The standard InChI is InChI=1S/C30H30FN5O3.C2H6.CH5N.H2OS/c1-16-26(36-25(37)5-4-14-32)18(3)33-27(16)22-12-13-30(22)23-15-20(8-11-24(23)35-29(30)39)28(38)34-17(2)19-6-9-21(31)10-7-19;3*1-2/h6-11,15,17,22,33H,4-5,14,32H2,1-3H3,(H,34,38)(H,35,39)(H,36,37);1-2H3;2H2,1H3;1-2H. The molecule has 3 atom stereocenters. The van der Waals surface area contributed by atoms with Crippen LogP contribution in [-0.2, 0) is 15.0 Å². The van der Waals surface area contributed by atoms with Gasteiger partial charge >= 0.3 is 0 Å². The van der Waals surface area contributed by atoms with Crippen LogP contribution in [0.3, 0.4) is 0 Å². The first-order valence-corrected chi connectivity index (χ1v) is 15.1. The van der Waals surface area contributed by atoms with Crippen LogP contribution in [0, 0.1) is 31.5 Å². The molecule has 10 nitrogen and oxygen atoms in total. The van der Waals surface area contributed by atoms with Crippen LogP contribution in [-0.4, -0.2) is 40.9 Å². The van der Waals surface area contributed by atoms with Gasteiger partial charge in [0.1, 0.15) is 5.82 Å². The highest BCUT2D eigenvalue weighted by Crippen LogP contribution is 2.52. The molecule has 2 heterocycles. The fourth-order valence-electron chi connectivity index (χ4n) is 5.28. The van der Waals surface area contributed by atoms with Crippen LogP contribution in [0.1, 0.15) is 84.0 Å². The van der Waals surface area contributed by atoms with E-state index in [4.69, 9.17) is 10.3 Å². The SMILES string of the molecule is CC.CN.Cc1[nH]c(C2C#CC23C(=O)Nc2ccc(C(=O)NC(C)c4ccc(F)cc4)cc23)c(C)c1NC(=O)CCCN.OS. The number of nitrogens with two attached hydrogens (primary N) is 2. The van der Waals surface area contributed by atoms with Crippen molar-refractivity contribution in [3.63, 3.8) is 0 Å². The maximum Gasteiger partial charge on any atom is 0.251 e. The lowest BCUT2D eigenvalue weighted by molar-refractivity contribution is -0.119. The van der Waals surface area contributed by atoms with E-state index in [2.05, 4.69) is 51.4 Å². The highest BCUT2D eigenvalue weighted by atomic mass is 32.1. The van der Waals surface area contributed by atoms with Crippen molar-refractivity contribution >= 4 is 42.0 Å². The Morgan fingerprint density at radius 3 is 2.36 bits per heavy atom. The minimum Gasteiger partial charge on any atom is -0.359 e. The van der Waals surface area contributed by atoms with E-state index in [0.29, 0.717) is 41.9 Å². The van der Waals surface area contributed by atoms with Gasteiger partial charge in [-0.2, -0.15) is 0 Å². The first-order chi connectivity index (χ1) is 21.6.